The third-order valence-electron chi connectivity index (χ3n) is 8.43. The molecule has 2 aromatic heterocycles. The maximum atomic E-state index is 10.2. The van der Waals surface area contributed by atoms with Crippen LogP contribution in [0.2, 0.25) is 51.4 Å². The first-order valence-electron chi connectivity index (χ1n) is 16.9. The van der Waals surface area contributed by atoms with E-state index in [-0.39, 0.29) is 31.0 Å². The summed E-state index contributed by atoms with van der Waals surface area (Å²) in [7, 11) is -10.3. The van der Waals surface area contributed by atoms with Gasteiger partial charge >= 0.3 is 19.5 Å². The molecule has 1 saturated carbocycles. The van der Waals surface area contributed by atoms with Crippen molar-refractivity contribution in [2.24, 2.45) is 0 Å². The van der Waals surface area contributed by atoms with E-state index >= 15 is 0 Å². The Morgan fingerprint density at radius 1 is 0.653 bits per heavy atom. The molecule has 0 amide bonds. The van der Waals surface area contributed by atoms with Gasteiger partial charge in [-0.2, -0.15) is 0 Å². The van der Waals surface area contributed by atoms with Crippen molar-refractivity contribution in [2.45, 2.75) is 102 Å². The number of pyridine rings is 2. The number of aromatic nitrogens is 2. The van der Waals surface area contributed by atoms with E-state index in [1.165, 1.54) is 59.6 Å². The largest absolute Gasteiger partial charge is 2.00 e. The molecular weight excluding hydrogens is 778 g/mol. The van der Waals surface area contributed by atoms with Crippen LogP contribution in [0.5, 0.6) is 0 Å². The molecule has 2 heterocycles. The average molecular weight is 830 g/mol. The molecule has 0 N–H and O–H groups in total. The minimum absolute atomic E-state index is 0. The second kappa shape index (κ2) is 19.1. The summed E-state index contributed by atoms with van der Waals surface area (Å²) in [6.07, 6.45) is 11.6. The molecule has 2 aromatic carbocycles. The van der Waals surface area contributed by atoms with Gasteiger partial charge in [0.1, 0.15) is 0 Å². The predicted octanol–water partition coefficient (Wildman–Crippen LogP) is 9.02. The van der Waals surface area contributed by atoms with Gasteiger partial charge in [0.25, 0.3) is 0 Å². The van der Waals surface area contributed by atoms with Crippen LogP contribution < -0.4 is 0 Å². The van der Waals surface area contributed by atoms with Crippen LogP contribution in [0.3, 0.4) is 0 Å². The zero-order valence-electron chi connectivity index (χ0n) is 29.7. The van der Waals surface area contributed by atoms with E-state index in [0.29, 0.717) is 18.8 Å². The average Bonchev–Trinajstić information content (AvgIpc) is 2.99. The molecule has 0 spiro atoms. The monoisotopic (exact) mass is 830 g/mol. The first-order chi connectivity index (χ1) is 22.3. The third kappa shape index (κ3) is 15.9. The number of hydrogen-bond acceptors (Lipinski definition) is 8. The van der Waals surface area contributed by atoms with Crippen LogP contribution >= 0.6 is 0 Å². The summed E-state index contributed by atoms with van der Waals surface area (Å²) in [5, 5.41) is 2.46. The van der Waals surface area contributed by atoms with Gasteiger partial charge in [0.2, 0.25) is 0 Å². The Kier molecular flexibility index (Phi) is 16.9. The van der Waals surface area contributed by atoms with Crippen LogP contribution in [0.4, 0.5) is 0 Å². The summed E-state index contributed by atoms with van der Waals surface area (Å²) in [6, 6.07) is 21.2. The van der Waals surface area contributed by atoms with Gasteiger partial charge < -0.3 is 9.11 Å². The van der Waals surface area contributed by atoms with Crippen molar-refractivity contribution in [3.63, 3.8) is 0 Å². The molecule has 8 nitrogen and oxygen atoms in total. The smallest absolute Gasteiger partial charge is 0.748 e. The fourth-order valence-electron chi connectivity index (χ4n) is 6.05. The Balaban J connectivity index is 0.000000305. The molecule has 0 atom stereocenters. The molecule has 0 aliphatic heterocycles. The molecule has 5 rings (SSSR count). The minimum Gasteiger partial charge on any atom is -0.748 e. The van der Waals surface area contributed by atoms with E-state index in [4.69, 9.17) is 9.97 Å². The van der Waals surface area contributed by atoms with Crippen LogP contribution in [0.25, 0.3) is 32.9 Å². The maximum Gasteiger partial charge on any atom is 2.00 e. The molecule has 0 saturated heterocycles. The number of fused-ring (bicyclic) bond motifs is 3. The van der Waals surface area contributed by atoms with Gasteiger partial charge in [0.15, 0.2) is 0 Å². The zero-order valence-corrected chi connectivity index (χ0v) is 35.1. The molecule has 1 fully saturated rings. The van der Waals surface area contributed by atoms with Gasteiger partial charge in [-0.1, -0.05) is 113 Å². The van der Waals surface area contributed by atoms with Crippen LogP contribution in [-0.4, -0.2) is 63.6 Å². The summed E-state index contributed by atoms with van der Waals surface area (Å²) in [5.74, 6) is 0.276. The molecule has 270 valence electrons. The second-order valence-electron chi connectivity index (χ2n) is 15.2. The van der Waals surface area contributed by atoms with Crippen molar-refractivity contribution in [1.29, 1.82) is 0 Å². The van der Waals surface area contributed by atoms with Gasteiger partial charge in [-0.3, -0.25) is 9.97 Å². The molecular formula is C36H52N2O6RuS2Si2. The second-order valence-corrected chi connectivity index (χ2v) is 29.5. The van der Waals surface area contributed by atoms with Crippen molar-refractivity contribution < 1.29 is 45.4 Å². The Bertz CT molecular complexity index is 1790. The van der Waals surface area contributed by atoms with Crippen LogP contribution in [0, 0.1) is 0 Å². The first-order valence-corrected chi connectivity index (χ1v) is 27.5. The Hall–Kier alpha value is -1.86. The fourth-order valence-corrected chi connectivity index (χ4v) is 10.0. The van der Waals surface area contributed by atoms with Gasteiger partial charge in [0.05, 0.1) is 31.3 Å². The normalized spacial score (nSPS) is 14.3. The Morgan fingerprint density at radius 3 is 1.61 bits per heavy atom. The Labute approximate surface area is 309 Å². The molecule has 0 radical (unpaired) electrons. The minimum atomic E-state index is -3.97. The van der Waals surface area contributed by atoms with Gasteiger partial charge in [-0.15, -0.1) is 0 Å². The van der Waals surface area contributed by atoms with E-state index in [0.717, 1.165) is 23.1 Å². The molecule has 0 unspecified atom stereocenters. The zero-order chi connectivity index (χ0) is 35.6. The molecule has 1 aliphatic rings. The summed E-state index contributed by atoms with van der Waals surface area (Å²) in [4.78, 5) is 9.46. The number of rotatable bonds is 10. The number of hydrogen-bond donors (Lipinski definition) is 0. The SMILES string of the molecule is C[Si](C)(C)CCCS(=O)(=O)[O-].C[Si](C)(C)CCCS(=O)(=O)[O-].[Ru+2].c1ccc(-c2ccnc3c2ccc2c(C4CCCCC4)ccnc23)cc1. The molecule has 0 bridgehead atoms. The van der Waals surface area contributed by atoms with Crippen molar-refractivity contribution >= 4 is 58.2 Å². The summed E-state index contributed by atoms with van der Waals surface area (Å²) in [6.45, 7) is 12.9. The van der Waals surface area contributed by atoms with E-state index in [2.05, 4.69) is 93.9 Å². The van der Waals surface area contributed by atoms with Crippen LogP contribution in [0.1, 0.15) is 56.4 Å². The van der Waals surface area contributed by atoms with Crippen LogP contribution in [-0.2, 0) is 39.7 Å². The molecule has 49 heavy (non-hydrogen) atoms. The van der Waals surface area contributed by atoms with E-state index in [9.17, 15) is 25.9 Å². The predicted molar refractivity (Wildman–Crippen MR) is 203 cm³/mol. The number of benzene rings is 2. The fraction of sp³-hybridized carbons (Fsp3) is 0.500. The standard InChI is InChI=1S/C24H22N2.2C6H16O3SSi.Ru/c1-3-7-17(8-4-1)19-13-15-25-23-21(19)11-12-22-20(14-16-26-24(22)23)18-9-5-2-6-10-18;2*1-11(2,3)6-4-5-10(7,8)9;/h1,3-4,7-8,11-16,18H,2,5-6,9-10H2;2*4-6H2,1-3H3,(H,7,8,9);/q;;;+2/p-2. The summed E-state index contributed by atoms with van der Waals surface area (Å²) in [5.41, 5.74) is 5.97. The van der Waals surface area contributed by atoms with E-state index in [1.54, 1.807) is 0 Å². The van der Waals surface area contributed by atoms with Crippen molar-refractivity contribution in [3.8, 4) is 11.1 Å². The maximum absolute atomic E-state index is 10.2. The van der Waals surface area contributed by atoms with Crippen molar-refractivity contribution in [2.75, 3.05) is 11.5 Å². The Morgan fingerprint density at radius 2 is 1.12 bits per heavy atom. The van der Waals surface area contributed by atoms with Gasteiger partial charge in [-0.25, -0.2) is 16.8 Å². The van der Waals surface area contributed by atoms with Crippen LogP contribution in [0.15, 0.2) is 67.0 Å². The van der Waals surface area contributed by atoms with E-state index in [1.807, 2.05) is 12.4 Å². The van der Waals surface area contributed by atoms with Crippen molar-refractivity contribution in [1.82, 2.24) is 9.97 Å². The van der Waals surface area contributed by atoms with E-state index < -0.39 is 36.4 Å². The summed E-state index contributed by atoms with van der Waals surface area (Å²) >= 11 is 0. The number of nitrogens with zero attached hydrogens (tertiary/aromatic N) is 2. The van der Waals surface area contributed by atoms with Gasteiger partial charge in [-0.05, 0) is 60.4 Å². The summed E-state index contributed by atoms with van der Waals surface area (Å²) < 4.78 is 61.1. The molecule has 4 aromatic rings. The quantitative estimate of drug-likeness (QED) is 0.0877. The van der Waals surface area contributed by atoms with Gasteiger partial charge in [0, 0.05) is 50.8 Å². The third-order valence-corrected chi connectivity index (χ3v) is 13.7. The van der Waals surface area contributed by atoms with Crippen molar-refractivity contribution in [3.05, 3.63) is 72.6 Å². The molecule has 1 aliphatic carbocycles. The topological polar surface area (TPSA) is 140 Å². The molecule has 13 heteroatoms. The first kappa shape index (κ1) is 43.3.